The number of aryl methyl sites for hydroxylation is 1. The maximum atomic E-state index is 6.15. The molecule has 1 heterocycles. The van der Waals surface area contributed by atoms with Gasteiger partial charge in [-0.25, -0.2) is 9.97 Å². The van der Waals surface area contributed by atoms with E-state index in [1.165, 1.54) is 0 Å². The highest BCUT2D eigenvalue weighted by Crippen LogP contribution is 2.28. The molecule has 0 unspecified atom stereocenters. The molecule has 0 saturated carbocycles. The van der Waals surface area contributed by atoms with Crippen LogP contribution in [-0.2, 0) is 0 Å². The third kappa shape index (κ3) is 2.38. The monoisotopic (exact) mass is 284 g/mol. The minimum Gasteiger partial charge on any atom is -0.399 e. The van der Waals surface area contributed by atoms with Crippen LogP contribution in [0, 0.1) is 6.92 Å². The molecular formula is C15H13ClN4. The molecule has 0 bridgehead atoms. The predicted octanol–water partition coefficient (Wildman–Crippen LogP) is 3.92. The normalized spacial score (nSPS) is 10.7. The molecule has 0 aliphatic carbocycles. The number of nitrogens with one attached hydrogen (secondary N) is 1. The molecule has 3 rings (SSSR count). The van der Waals surface area contributed by atoms with Crippen molar-refractivity contribution in [3.63, 3.8) is 0 Å². The zero-order chi connectivity index (χ0) is 14.1. The number of fused-ring (bicyclic) bond motifs is 1. The topological polar surface area (TPSA) is 63.8 Å². The second-order valence-corrected chi connectivity index (χ2v) is 4.92. The lowest BCUT2D eigenvalue weighted by Gasteiger charge is -2.11. The van der Waals surface area contributed by atoms with Gasteiger partial charge in [0.05, 0.1) is 27.4 Å². The second kappa shape index (κ2) is 4.98. The van der Waals surface area contributed by atoms with Gasteiger partial charge in [0.25, 0.3) is 0 Å². The van der Waals surface area contributed by atoms with Crippen molar-refractivity contribution in [2.24, 2.45) is 0 Å². The van der Waals surface area contributed by atoms with E-state index in [1.807, 2.05) is 31.2 Å². The maximum absolute atomic E-state index is 6.15. The van der Waals surface area contributed by atoms with Crippen LogP contribution in [0.1, 0.15) is 5.69 Å². The Morgan fingerprint density at radius 2 is 1.75 bits per heavy atom. The zero-order valence-corrected chi connectivity index (χ0v) is 11.6. The van der Waals surface area contributed by atoms with Crippen molar-refractivity contribution in [2.75, 3.05) is 11.1 Å². The summed E-state index contributed by atoms with van der Waals surface area (Å²) in [4.78, 5) is 9.09. The fourth-order valence-corrected chi connectivity index (χ4v) is 2.14. The van der Waals surface area contributed by atoms with Crippen molar-refractivity contribution < 1.29 is 0 Å². The standard InChI is InChI=1S/C15H13ClN4/c1-9-15(19-13-5-3-2-4-12(13)18-9)20-14-8-10(17)6-7-11(14)16/h2-8H,17H2,1H3,(H,19,20). The molecule has 5 heteroatoms. The van der Waals surface area contributed by atoms with Gasteiger partial charge in [-0.1, -0.05) is 23.7 Å². The Bertz CT molecular complexity index is 786. The zero-order valence-electron chi connectivity index (χ0n) is 10.9. The smallest absolute Gasteiger partial charge is 0.152 e. The quantitative estimate of drug-likeness (QED) is 0.700. The van der Waals surface area contributed by atoms with Crippen LogP contribution < -0.4 is 11.1 Å². The lowest BCUT2D eigenvalue weighted by molar-refractivity contribution is 1.18. The van der Waals surface area contributed by atoms with Crippen LogP contribution in [-0.4, -0.2) is 9.97 Å². The first-order valence-corrected chi connectivity index (χ1v) is 6.57. The number of benzene rings is 2. The summed E-state index contributed by atoms with van der Waals surface area (Å²) in [5.41, 5.74) is 9.65. The minimum atomic E-state index is 0.591. The van der Waals surface area contributed by atoms with E-state index in [0.29, 0.717) is 16.5 Å². The summed E-state index contributed by atoms with van der Waals surface area (Å²) >= 11 is 6.15. The van der Waals surface area contributed by atoms with E-state index < -0.39 is 0 Å². The van der Waals surface area contributed by atoms with E-state index in [9.17, 15) is 0 Å². The van der Waals surface area contributed by atoms with Crippen LogP contribution in [0.4, 0.5) is 17.2 Å². The lowest BCUT2D eigenvalue weighted by Crippen LogP contribution is -2.00. The molecular weight excluding hydrogens is 272 g/mol. The number of halogens is 1. The largest absolute Gasteiger partial charge is 0.399 e. The molecule has 0 aliphatic heterocycles. The minimum absolute atomic E-state index is 0.591. The lowest BCUT2D eigenvalue weighted by atomic mass is 10.2. The average molecular weight is 285 g/mol. The summed E-state index contributed by atoms with van der Waals surface area (Å²) in [6.07, 6.45) is 0. The average Bonchev–Trinajstić information content (AvgIpc) is 2.43. The highest BCUT2D eigenvalue weighted by molar-refractivity contribution is 6.33. The highest BCUT2D eigenvalue weighted by Gasteiger charge is 2.07. The van der Waals surface area contributed by atoms with Crippen molar-refractivity contribution in [3.05, 3.63) is 53.2 Å². The van der Waals surface area contributed by atoms with Crippen LogP contribution in [0.2, 0.25) is 5.02 Å². The Morgan fingerprint density at radius 1 is 1.05 bits per heavy atom. The van der Waals surface area contributed by atoms with E-state index >= 15 is 0 Å². The van der Waals surface area contributed by atoms with Gasteiger partial charge in [0.2, 0.25) is 0 Å². The first-order chi connectivity index (χ1) is 9.63. The van der Waals surface area contributed by atoms with Crippen molar-refractivity contribution >= 4 is 39.8 Å². The molecule has 2 aromatic carbocycles. The maximum Gasteiger partial charge on any atom is 0.152 e. The van der Waals surface area contributed by atoms with Crippen LogP contribution >= 0.6 is 11.6 Å². The highest BCUT2D eigenvalue weighted by atomic mass is 35.5. The molecule has 1 aromatic heterocycles. The van der Waals surface area contributed by atoms with Crippen LogP contribution in [0.5, 0.6) is 0 Å². The summed E-state index contributed by atoms with van der Waals surface area (Å²) in [7, 11) is 0. The SMILES string of the molecule is Cc1nc2ccccc2nc1Nc1cc(N)ccc1Cl. The molecule has 4 nitrogen and oxygen atoms in total. The summed E-state index contributed by atoms with van der Waals surface area (Å²) in [5.74, 6) is 0.677. The summed E-state index contributed by atoms with van der Waals surface area (Å²) in [6, 6.07) is 13.0. The van der Waals surface area contributed by atoms with Crippen molar-refractivity contribution in [3.8, 4) is 0 Å². The fraction of sp³-hybridized carbons (Fsp3) is 0.0667. The molecule has 0 atom stereocenters. The Kier molecular flexibility index (Phi) is 3.16. The van der Waals surface area contributed by atoms with E-state index in [4.69, 9.17) is 17.3 Å². The molecule has 0 aliphatic rings. The van der Waals surface area contributed by atoms with Gasteiger partial charge in [0.1, 0.15) is 0 Å². The molecule has 3 N–H and O–H groups in total. The van der Waals surface area contributed by atoms with Gasteiger partial charge in [-0.15, -0.1) is 0 Å². The van der Waals surface area contributed by atoms with Crippen LogP contribution in [0.3, 0.4) is 0 Å². The van der Waals surface area contributed by atoms with Crippen molar-refractivity contribution in [1.29, 1.82) is 0 Å². The molecule has 0 fully saturated rings. The van der Waals surface area contributed by atoms with Gasteiger partial charge in [0.15, 0.2) is 5.82 Å². The number of hydrogen-bond donors (Lipinski definition) is 2. The number of para-hydroxylation sites is 2. The molecule has 0 amide bonds. The molecule has 0 saturated heterocycles. The van der Waals surface area contributed by atoms with E-state index in [2.05, 4.69) is 15.3 Å². The summed E-state index contributed by atoms with van der Waals surface area (Å²) in [6.45, 7) is 1.90. The summed E-state index contributed by atoms with van der Waals surface area (Å²) in [5, 5.41) is 3.78. The van der Waals surface area contributed by atoms with Gasteiger partial charge in [-0.3, -0.25) is 0 Å². The van der Waals surface area contributed by atoms with Crippen molar-refractivity contribution in [1.82, 2.24) is 9.97 Å². The Balaban J connectivity index is 2.06. The first-order valence-electron chi connectivity index (χ1n) is 6.19. The number of nitrogens with zero attached hydrogens (tertiary/aromatic N) is 2. The third-order valence-corrected chi connectivity index (χ3v) is 3.32. The first kappa shape index (κ1) is 12.7. The molecule has 20 heavy (non-hydrogen) atoms. The predicted molar refractivity (Wildman–Crippen MR) is 83.4 cm³/mol. The van der Waals surface area contributed by atoms with Gasteiger partial charge in [-0.2, -0.15) is 0 Å². The Morgan fingerprint density at radius 3 is 2.50 bits per heavy atom. The number of hydrogen-bond acceptors (Lipinski definition) is 4. The Labute approximate surface area is 121 Å². The van der Waals surface area contributed by atoms with E-state index in [-0.39, 0.29) is 0 Å². The van der Waals surface area contributed by atoms with Crippen LogP contribution in [0.25, 0.3) is 11.0 Å². The Hall–Kier alpha value is -2.33. The van der Waals surface area contributed by atoms with Gasteiger partial charge in [0, 0.05) is 5.69 Å². The van der Waals surface area contributed by atoms with E-state index in [1.54, 1.807) is 18.2 Å². The molecule has 0 radical (unpaired) electrons. The number of rotatable bonds is 2. The van der Waals surface area contributed by atoms with E-state index in [0.717, 1.165) is 22.4 Å². The van der Waals surface area contributed by atoms with Gasteiger partial charge < -0.3 is 11.1 Å². The number of nitrogens with two attached hydrogens (primary N) is 1. The third-order valence-electron chi connectivity index (χ3n) is 2.99. The number of nitrogen functional groups attached to an aromatic ring is 1. The summed E-state index contributed by atoms with van der Waals surface area (Å²) < 4.78 is 0. The number of aromatic nitrogens is 2. The fourth-order valence-electron chi connectivity index (χ4n) is 1.97. The molecule has 100 valence electrons. The van der Waals surface area contributed by atoms with Crippen LogP contribution in [0.15, 0.2) is 42.5 Å². The van der Waals surface area contributed by atoms with Gasteiger partial charge in [-0.05, 0) is 37.3 Å². The molecule has 0 spiro atoms. The second-order valence-electron chi connectivity index (χ2n) is 4.51. The van der Waals surface area contributed by atoms with Gasteiger partial charge >= 0.3 is 0 Å². The number of anilines is 3. The van der Waals surface area contributed by atoms with Crippen molar-refractivity contribution in [2.45, 2.75) is 6.92 Å². The molecule has 3 aromatic rings.